The molecule has 1 N–H and O–H groups in total. The molecule has 3 aromatic carbocycles. The molecule has 1 atom stereocenters. The highest BCUT2D eigenvalue weighted by Crippen LogP contribution is 2.41. The monoisotopic (exact) mass is 518 g/mol. The van der Waals surface area contributed by atoms with Crippen molar-refractivity contribution in [3.63, 3.8) is 0 Å². The van der Waals surface area contributed by atoms with Crippen LogP contribution in [0, 0.1) is 15.9 Å². The van der Waals surface area contributed by atoms with Crippen molar-refractivity contribution in [3.8, 4) is 0 Å². The molecule has 0 fully saturated rings. The number of hydrogen-bond donors (Lipinski definition) is 1. The number of benzene rings is 3. The maximum absolute atomic E-state index is 13.9. The molecule has 0 amide bonds. The molecule has 13 heteroatoms. The summed E-state index contributed by atoms with van der Waals surface area (Å²) in [7, 11) is -8.12. The molecule has 1 heterocycles. The Morgan fingerprint density at radius 2 is 1.71 bits per heavy atom. The van der Waals surface area contributed by atoms with Gasteiger partial charge in [-0.1, -0.05) is 36.4 Å². The topological polar surface area (TPSA) is 139 Å². The number of para-hydroxylation sites is 2. The first-order valence-corrected chi connectivity index (χ1v) is 13.5. The fourth-order valence-corrected chi connectivity index (χ4v) is 5.83. The van der Waals surface area contributed by atoms with Crippen molar-refractivity contribution < 1.29 is 26.1 Å². The molecule has 3 aromatic rings. The minimum Gasteiger partial charge on any atom is -0.283 e. The molecule has 0 radical (unpaired) electrons. The standard InChI is InChI=1S/C22H19FN4O6S2/c1-34(30,31)25-19-11-4-2-9-17(19)20-14-22(18-10-3-5-12-21(18)27(28)29)26(24-20)35(32,33)16-8-6-7-15(23)13-16/h2-13,22,25H,14H2,1H3/t22-/m1/s1. The molecule has 35 heavy (non-hydrogen) atoms. The van der Waals surface area contributed by atoms with Crippen molar-refractivity contribution in [3.05, 3.63) is 99.9 Å². The van der Waals surface area contributed by atoms with Gasteiger partial charge in [0, 0.05) is 18.1 Å². The Labute approximate surface area is 201 Å². The van der Waals surface area contributed by atoms with Crippen molar-refractivity contribution in [2.45, 2.75) is 17.4 Å². The number of halogens is 1. The zero-order valence-electron chi connectivity index (χ0n) is 18.2. The largest absolute Gasteiger partial charge is 0.283 e. The molecule has 0 unspecified atom stereocenters. The van der Waals surface area contributed by atoms with Gasteiger partial charge in [0.2, 0.25) is 10.0 Å². The van der Waals surface area contributed by atoms with E-state index in [-0.39, 0.29) is 34.0 Å². The second-order valence-corrected chi connectivity index (χ2v) is 11.3. The van der Waals surface area contributed by atoms with E-state index in [9.17, 15) is 31.3 Å². The first-order valence-electron chi connectivity index (χ1n) is 10.2. The van der Waals surface area contributed by atoms with E-state index in [0.717, 1.165) is 22.8 Å². The second-order valence-electron chi connectivity index (χ2n) is 7.74. The van der Waals surface area contributed by atoms with Crippen LogP contribution in [0.3, 0.4) is 0 Å². The van der Waals surface area contributed by atoms with E-state index < -0.39 is 36.8 Å². The number of nitrogens with one attached hydrogen (secondary N) is 1. The molecular weight excluding hydrogens is 499 g/mol. The van der Waals surface area contributed by atoms with Crippen molar-refractivity contribution in [2.24, 2.45) is 5.10 Å². The third-order valence-corrected chi connectivity index (χ3v) is 7.51. The molecule has 1 aliphatic heterocycles. The normalized spacial score (nSPS) is 16.1. The summed E-state index contributed by atoms with van der Waals surface area (Å²) in [4.78, 5) is 10.7. The van der Waals surface area contributed by atoms with Crippen molar-refractivity contribution in [1.29, 1.82) is 0 Å². The zero-order valence-corrected chi connectivity index (χ0v) is 19.8. The smallest absolute Gasteiger partial charge is 0.279 e. The number of nitrogens with zero attached hydrogens (tertiary/aromatic N) is 3. The van der Waals surface area contributed by atoms with Gasteiger partial charge < -0.3 is 0 Å². The van der Waals surface area contributed by atoms with E-state index in [0.29, 0.717) is 5.56 Å². The molecule has 182 valence electrons. The summed E-state index contributed by atoms with van der Waals surface area (Å²) in [5.74, 6) is -0.778. The Bertz CT molecular complexity index is 1560. The predicted molar refractivity (Wildman–Crippen MR) is 127 cm³/mol. The molecule has 4 rings (SSSR count). The van der Waals surface area contributed by atoms with Gasteiger partial charge in [-0.05, 0) is 30.3 Å². The Balaban J connectivity index is 1.89. The van der Waals surface area contributed by atoms with Gasteiger partial charge in [-0.25, -0.2) is 12.8 Å². The molecular formula is C22H19FN4O6S2. The molecule has 10 nitrogen and oxygen atoms in total. The van der Waals surface area contributed by atoms with Gasteiger partial charge in [0.1, 0.15) is 11.9 Å². The lowest BCUT2D eigenvalue weighted by Gasteiger charge is -2.23. The van der Waals surface area contributed by atoms with Crippen LogP contribution < -0.4 is 4.72 Å². The molecule has 0 bridgehead atoms. The summed E-state index contributed by atoms with van der Waals surface area (Å²) in [5.41, 5.74) is 0.430. The van der Waals surface area contributed by atoms with E-state index in [1.807, 2.05) is 0 Å². The van der Waals surface area contributed by atoms with E-state index in [4.69, 9.17) is 0 Å². The molecule has 1 aliphatic rings. The fraction of sp³-hybridized carbons (Fsp3) is 0.136. The summed E-state index contributed by atoms with van der Waals surface area (Å²) in [5, 5.41) is 16.0. The molecule has 0 saturated heterocycles. The van der Waals surface area contributed by atoms with E-state index in [1.165, 1.54) is 42.5 Å². The Kier molecular flexibility index (Phi) is 6.30. The van der Waals surface area contributed by atoms with Crippen LogP contribution >= 0.6 is 0 Å². The lowest BCUT2D eigenvalue weighted by atomic mass is 9.97. The first-order chi connectivity index (χ1) is 16.5. The molecule has 0 spiro atoms. The van der Waals surface area contributed by atoms with E-state index in [1.54, 1.807) is 18.2 Å². The third-order valence-electron chi connectivity index (χ3n) is 5.24. The fourth-order valence-electron chi connectivity index (χ4n) is 3.80. The van der Waals surface area contributed by atoms with Gasteiger partial charge in [0.05, 0.1) is 33.0 Å². The summed E-state index contributed by atoms with van der Waals surface area (Å²) in [6, 6.07) is 15.1. The van der Waals surface area contributed by atoms with Gasteiger partial charge in [-0.2, -0.15) is 17.9 Å². The van der Waals surface area contributed by atoms with Gasteiger partial charge >= 0.3 is 0 Å². The molecule has 0 saturated carbocycles. The number of nitro benzene ring substituents is 1. The summed E-state index contributed by atoms with van der Waals surface area (Å²) >= 11 is 0. The van der Waals surface area contributed by atoms with E-state index in [2.05, 4.69) is 9.82 Å². The average Bonchev–Trinajstić information content (AvgIpc) is 3.24. The minimum atomic E-state index is -4.45. The number of sulfonamides is 2. The number of nitro groups is 1. The van der Waals surface area contributed by atoms with Crippen LogP contribution in [0.2, 0.25) is 0 Å². The lowest BCUT2D eigenvalue weighted by molar-refractivity contribution is -0.385. The van der Waals surface area contributed by atoms with Crippen LogP contribution in [-0.2, 0) is 20.0 Å². The molecule has 0 aromatic heterocycles. The minimum absolute atomic E-state index is 0.0878. The Hall–Kier alpha value is -3.84. The number of anilines is 1. The van der Waals surface area contributed by atoms with Gasteiger partial charge in [0.25, 0.3) is 15.7 Å². The van der Waals surface area contributed by atoms with Gasteiger partial charge in [-0.15, -0.1) is 0 Å². The summed E-state index contributed by atoms with van der Waals surface area (Å²) in [6.07, 6.45) is 0.874. The van der Waals surface area contributed by atoms with E-state index >= 15 is 0 Å². The predicted octanol–water partition coefficient (Wildman–Crippen LogP) is 3.65. The Morgan fingerprint density at radius 3 is 2.40 bits per heavy atom. The number of rotatable bonds is 7. The van der Waals surface area contributed by atoms with Crippen LogP contribution in [0.1, 0.15) is 23.6 Å². The van der Waals surface area contributed by atoms with Gasteiger partial charge in [0.15, 0.2) is 0 Å². The van der Waals surface area contributed by atoms with Crippen LogP contribution in [0.5, 0.6) is 0 Å². The zero-order chi connectivity index (χ0) is 25.4. The van der Waals surface area contributed by atoms with Crippen molar-refractivity contribution in [1.82, 2.24) is 4.41 Å². The molecule has 0 aliphatic carbocycles. The van der Waals surface area contributed by atoms with Crippen LogP contribution in [0.15, 0.2) is 82.8 Å². The van der Waals surface area contributed by atoms with Crippen LogP contribution in [0.4, 0.5) is 15.8 Å². The summed E-state index contributed by atoms with van der Waals surface area (Å²) < 4.78 is 67.7. The highest BCUT2D eigenvalue weighted by atomic mass is 32.2. The third kappa shape index (κ3) is 5.00. The van der Waals surface area contributed by atoms with Crippen molar-refractivity contribution in [2.75, 3.05) is 11.0 Å². The lowest BCUT2D eigenvalue weighted by Crippen LogP contribution is -2.28. The highest BCUT2D eigenvalue weighted by molar-refractivity contribution is 7.92. The maximum Gasteiger partial charge on any atom is 0.279 e. The Morgan fingerprint density at radius 1 is 1.03 bits per heavy atom. The quantitative estimate of drug-likeness (QED) is 0.374. The second kappa shape index (κ2) is 9.07. The van der Waals surface area contributed by atoms with Crippen LogP contribution in [0.25, 0.3) is 0 Å². The van der Waals surface area contributed by atoms with Gasteiger partial charge in [-0.3, -0.25) is 14.8 Å². The first kappa shape index (κ1) is 24.3. The summed E-state index contributed by atoms with van der Waals surface area (Å²) in [6.45, 7) is 0. The van der Waals surface area contributed by atoms with Crippen molar-refractivity contribution >= 4 is 37.1 Å². The number of hydrogen-bond acceptors (Lipinski definition) is 7. The maximum atomic E-state index is 13.9. The van der Waals surface area contributed by atoms with Crippen LogP contribution in [-0.4, -0.2) is 38.1 Å². The SMILES string of the molecule is CS(=O)(=O)Nc1ccccc1C1=NN(S(=O)(=O)c2cccc(F)c2)[C@@H](c2ccccc2[N+](=O)[O-])C1. The average molecular weight is 519 g/mol. The number of hydrazone groups is 1. The highest BCUT2D eigenvalue weighted by Gasteiger charge is 2.41.